The van der Waals surface area contributed by atoms with Gasteiger partial charge < -0.3 is 4.74 Å². The SMILES string of the molecule is COc1ccc2c(c1)N(C)C(=O)N(Cc1ccc(Cl)cc1)S2(=O)=O. The third kappa shape index (κ3) is 2.70. The third-order valence-electron chi connectivity index (χ3n) is 3.84. The number of benzene rings is 2. The van der Waals surface area contributed by atoms with Crippen molar-refractivity contribution in [3.8, 4) is 5.75 Å². The van der Waals surface area contributed by atoms with E-state index < -0.39 is 16.1 Å². The van der Waals surface area contributed by atoms with Gasteiger partial charge in [0.25, 0.3) is 10.0 Å². The lowest BCUT2D eigenvalue weighted by Gasteiger charge is -2.34. The number of hydrogen-bond acceptors (Lipinski definition) is 4. The summed E-state index contributed by atoms with van der Waals surface area (Å²) in [5.74, 6) is 0.481. The van der Waals surface area contributed by atoms with Gasteiger partial charge in [-0.15, -0.1) is 0 Å². The number of ether oxygens (including phenoxy) is 1. The Morgan fingerprint density at radius 3 is 2.42 bits per heavy atom. The zero-order chi connectivity index (χ0) is 17.5. The number of methoxy groups -OCH3 is 1. The van der Waals surface area contributed by atoms with Crippen molar-refractivity contribution < 1.29 is 17.9 Å². The smallest absolute Gasteiger partial charge is 0.338 e. The van der Waals surface area contributed by atoms with Gasteiger partial charge in [-0.2, -0.15) is 0 Å². The quantitative estimate of drug-likeness (QED) is 0.837. The van der Waals surface area contributed by atoms with E-state index in [-0.39, 0.29) is 11.4 Å². The molecule has 6 nitrogen and oxygen atoms in total. The number of urea groups is 1. The highest BCUT2D eigenvalue weighted by Gasteiger charge is 2.40. The molecule has 126 valence electrons. The predicted molar refractivity (Wildman–Crippen MR) is 91.0 cm³/mol. The normalized spacial score (nSPS) is 16.0. The van der Waals surface area contributed by atoms with Crippen LogP contribution in [0.1, 0.15) is 5.56 Å². The molecule has 2 aromatic carbocycles. The van der Waals surface area contributed by atoms with Gasteiger partial charge in [0, 0.05) is 18.1 Å². The average molecular weight is 367 g/mol. The number of carbonyl (C=O) groups excluding carboxylic acids is 1. The predicted octanol–water partition coefficient (Wildman–Crippen LogP) is 3.11. The molecule has 1 heterocycles. The molecule has 1 aliphatic heterocycles. The van der Waals surface area contributed by atoms with Crippen LogP contribution in [0.25, 0.3) is 0 Å². The van der Waals surface area contributed by atoms with Crippen LogP contribution in [0.15, 0.2) is 47.4 Å². The number of anilines is 1. The second kappa shape index (κ2) is 5.99. The number of hydrogen-bond donors (Lipinski definition) is 0. The van der Waals surface area contributed by atoms with Gasteiger partial charge in [-0.3, -0.25) is 4.90 Å². The monoisotopic (exact) mass is 366 g/mol. The number of amides is 2. The van der Waals surface area contributed by atoms with E-state index >= 15 is 0 Å². The molecule has 0 spiro atoms. The minimum atomic E-state index is -3.94. The molecule has 0 aliphatic carbocycles. The summed E-state index contributed by atoms with van der Waals surface area (Å²) in [6, 6.07) is 10.6. The van der Waals surface area contributed by atoms with Crippen LogP contribution in [-0.4, -0.2) is 32.9 Å². The van der Waals surface area contributed by atoms with Crippen molar-refractivity contribution in [2.24, 2.45) is 0 Å². The summed E-state index contributed by atoms with van der Waals surface area (Å²) in [6.07, 6.45) is 0. The number of carbonyl (C=O) groups is 1. The molecule has 2 aromatic rings. The minimum absolute atomic E-state index is 0.0614. The summed E-state index contributed by atoms with van der Waals surface area (Å²) < 4.78 is 31.6. The first-order valence-electron chi connectivity index (χ1n) is 7.07. The van der Waals surface area contributed by atoms with Crippen LogP contribution >= 0.6 is 11.6 Å². The van der Waals surface area contributed by atoms with Crippen molar-refractivity contribution in [1.29, 1.82) is 0 Å². The molecule has 0 radical (unpaired) electrons. The van der Waals surface area contributed by atoms with E-state index in [0.717, 1.165) is 4.31 Å². The molecule has 24 heavy (non-hydrogen) atoms. The maximum absolute atomic E-state index is 12.8. The molecule has 8 heteroatoms. The van der Waals surface area contributed by atoms with Crippen LogP contribution in [0.2, 0.25) is 5.02 Å². The fraction of sp³-hybridized carbons (Fsp3) is 0.188. The van der Waals surface area contributed by atoms with Crippen LogP contribution in [-0.2, 0) is 16.6 Å². The van der Waals surface area contributed by atoms with Crippen LogP contribution < -0.4 is 9.64 Å². The highest BCUT2D eigenvalue weighted by atomic mass is 35.5. The fourth-order valence-electron chi connectivity index (χ4n) is 2.50. The molecule has 0 unspecified atom stereocenters. The Morgan fingerprint density at radius 2 is 1.79 bits per heavy atom. The van der Waals surface area contributed by atoms with Crippen molar-refractivity contribution in [2.75, 3.05) is 19.1 Å². The number of sulfonamides is 1. The van der Waals surface area contributed by atoms with E-state index in [4.69, 9.17) is 16.3 Å². The molecule has 0 aromatic heterocycles. The molecule has 0 saturated heterocycles. The highest BCUT2D eigenvalue weighted by molar-refractivity contribution is 7.90. The molecule has 2 amide bonds. The van der Waals surface area contributed by atoms with Gasteiger partial charge in [0.1, 0.15) is 10.6 Å². The van der Waals surface area contributed by atoms with E-state index in [0.29, 0.717) is 22.0 Å². The first kappa shape index (κ1) is 16.6. The van der Waals surface area contributed by atoms with Crippen molar-refractivity contribution >= 4 is 33.3 Å². The maximum atomic E-state index is 12.8. The van der Waals surface area contributed by atoms with Crippen LogP contribution in [0, 0.1) is 0 Å². The first-order chi connectivity index (χ1) is 11.3. The molecule has 1 aliphatic rings. The Morgan fingerprint density at radius 1 is 1.12 bits per heavy atom. The van der Waals surface area contributed by atoms with Gasteiger partial charge in [-0.25, -0.2) is 17.5 Å². The van der Waals surface area contributed by atoms with E-state index in [2.05, 4.69) is 0 Å². The Bertz CT molecular complexity index is 897. The fourth-order valence-corrected chi connectivity index (χ4v) is 4.22. The maximum Gasteiger partial charge on any atom is 0.338 e. The standard InChI is InChI=1S/C16H15ClN2O4S/c1-18-14-9-13(23-2)7-8-15(14)24(21,22)19(16(18)20)10-11-3-5-12(17)6-4-11/h3-9H,10H2,1-2H3. The van der Waals surface area contributed by atoms with Gasteiger partial charge >= 0.3 is 6.03 Å². The first-order valence-corrected chi connectivity index (χ1v) is 8.89. The largest absolute Gasteiger partial charge is 0.497 e. The second-order valence-corrected chi connectivity index (χ2v) is 7.58. The lowest BCUT2D eigenvalue weighted by Crippen LogP contribution is -2.48. The summed E-state index contributed by atoms with van der Waals surface area (Å²) >= 11 is 5.84. The molecule has 0 atom stereocenters. The molecule has 0 N–H and O–H groups in total. The summed E-state index contributed by atoms with van der Waals surface area (Å²) in [5.41, 5.74) is 0.966. The summed E-state index contributed by atoms with van der Waals surface area (Å²) in [6.45, 7) is -0.0614. The average Bonchev–Trinajstić information content (AvgIpc) is 2.58. The lowest BCUT2D eigenvalue weighted by atomic mass is 10.2. The van der Waals surface area contributed by atoms with E-state index in [1.165, 1.54) is 31.2 Å². The number of nitrogens with zero attached hydrogens (tertiary/aromatic N) is 2. The third-order valence-corrected chi connectivity index (χ3v) is 5.85. The molecule has 0 saturated carbocycles. The summed E-state index contributed by atoms with van der Waals surface area (Å²) in [5, 5.41) is 0.543. The molecule has 0 bridgehead atoms. The second-order valence-electron chi connectivity index (χ2n) is 5.31. The minimum Gasteiger partial charge on any atom is -0.497 e. The van der Waals surface area contributed by atoms with Gasteiger partial charge in [0.05, 0.1) is 19.3 Å². The molecular formula is C16H15ClN2O4S. The Hall–Kier alpha value is -2.25. The number of fused-ring (bicyclic) bond motifs is 1. The topological polar surface area (TPSA) is 66.9 Å². The highest BCUT2D eigenvalue weighted by Crippen LogP contribution is 2.36. The summed E-state index contributed by atoms with van der Waals surface area (Å²) in [7, 11) is -0.933. The zero-order valence-electron chi connectivity index (χ0n) is 13.1. The number of rotatable bonds is 3. The van der Waals surface area contributed by atoms with Crippen LogP contribution in [0.5, 0.6) is 5.75 Å². The Kier molecular flexibility index (Phi) is 4.15. The van der Waals surface area contributed by atoms with E-state index in [1.807, 2.05) is 0 Å². The zero-order valence-corrected chi connectivity index (χ0v) is 14.6. The van der Waals surface area contributed by atoms with Crippen molar-refractivity contribution in [2.45, 2.75) is 11.4 Å². The van der Waals surface area contributed by atoms with Gasteiger partial charge in [-0.05, 0) is 29.8 Å². The Labute approximate surface area is 145 Å². The van der Waals surface area contributed by atoms with Gasteiger partial charge in [0.15, 0.2) is 0 Å². The van der Waals surface area contributed by atoms with Crippen LogP contribution in [0.3, 0.4) is 0 Å². The van der Waals surface area contributed by atoms with Crippen molar-refractivity contribution in [3.05, 3.63) is 53.1 Å². The van der Waals surface area contributed by atoms with Gasteiger partial charge in [-0.1, -0.05) is 23.7 Å². The van der Waals surface area contributed by atoms with Crippen molar-refractivity contribution in [3.63, 3.8) is 0 Å². The summed E-state index contributed by atoms with van der Waals surface area (Å²) in [4.78, 5) is 13.9. The molecule has 3 rings (SSSR count). The van der Waals surface area contributed by atoms with Crippen molar-refractivity contribution in [1.82, 2.24) is 4.31 Å². The van der Waals surface area contributed by atoms with E-state index in [9.17, 15) is 13.2 Å². The Balaban J connectivity index is 2.05. The molecule has 0 fully saturated rings. The van der Waals surface area contributed by atoms with E-state index in [1.54, 1.807) is 30.3 Å². The number of halogens is 1. The van der Waals surface area contributed by atoms with Gasteiger partial charge in [0.2, 0.25) is 0 Å². The molecular weight excluding hydrogens is 352 g/mol. The lowest BCUT2D eigenvalue weighted by molar-refractivity contribution is 0.228. The van der Waals surface area contributed by atoms with Crippen LogP contribution in [0.4, 0.5) is 10.5 Å².